The molecule has 1 aliphatic rings. The lowest BCUT2D eigenvalue weighted by Gasteiger charge is -2.10. The summed E-state index contributed by atoms with van der Waals surface area (Å²) in [5.41, 5.74) is 10.1. The maximum absolute atomic E-state index is 14.2. The standard InChI is InChI=1S/C28H26FN5O2/c1-18-7-8-19(16-32-18)17-35-24-13-21(29)14-25(15-24)36-23-11-9-22(10-12-23)34-28(31-2)26(30)27(33-34)20-5-3-4-6-20/h7-16,20H,3-6,17,30H2,1H3. The van der Waals surface area contributed by atoms with Crippen molar-refractivity contribution in [3.05, 3.63) is 95.0 Å². The van der Waals surface area contributed by atoms with E-state index in [4.69, 9.17) is 21.8 Å². The molecule has 4 aromatic rings. The first-order valence-electron chi connectivity index (χ1n) is 11.9. The van der Waals surface area contributed by atoms with Gasteiger partial charge >= 0.3 is 0 Å². The Bertz CT molecular complexity index is 1400. The zero-order valence-corrected chi connectivity index (χ0v) is 19.9. The van der Waals surface area contributed by atoms with Gasteiger partial charge in [0, 0.05) is 41.6 Å². The van der Waals surface area contributed by atoms with E-state index in [2.05, 4.69) is 14.9 Å². The van der Waals surface area contributed by atoms with Gasteiger partial charge in [0.1, 0.15) is 35.4 Å². The van der Waals surface area contributed by atoms with Crippen LogP contribution in [0.25, 0.3) is 10.5 Å². The van der Waals surface area contributed by atoms with Crippen LogP contribution in [0.1, 0.15) is 48.6 Å². The van der Waals surface area contributed by atoms with E-state index in [1.165, 1.54) is 12.1 Å². The quantitative estimate of drug-likeness (QED) is 0.290. The molecule has 182 valence electrons. The van der Waals surface area contributed by atoms with Gasteiger partial charge in [0.25, 0.3) is 5.82 Å². The van der Waals surface area contributed by atoms with Crippen molar-refractivity contribution in [1.82, 2.24) is 14.8 Å². The van der Waals surface area contributed by atoms with Gasteiger partial charge in [-0.15, -0.1) is 0 Å². The summed E-state index contributed by atoms with van der Waals surface area (Å²) in [4.78, 5) is 7.87. The highest BCUT2D eigenvalue weighted by Gasteiger charge is 2.27. The number of hydrogen-bond donors (Lipinski definition) is 1. The maximum Gasteiger partial charge on any atom is 0.280 e. The van der Waals surface area contributed by atoms with Crippen molar-refractivity contribution in [2.75, 3.05) is 5.73 Å². The average Bonchev–Trinajstić information content (AvgIpc) is 3.51. The molecular weight excluding hydrogens is 457 g/mol. The van der Waals surface area contributed by atoms with Crippen LogP contribution in [-0.4, -0.2) is 14.8 Å². The zero-order chi connectivity index (χ0) is 25.1. The molecule has 8 heteroatoms. The second-order valence-electron chi connectivity index (χ2n) is 8.94. The van der Waals surface area contributed by atoms with Gasteiger partial charge in [-0.1, -0.05) is 30.6 Å². The van der Waals surface area contributed by atoms with Crippen LogP contribution in [-0.2, 0) is 6.61 Å². The number of nitrogen functional groups attached to an aromatic ring is 1. The van der Waals surface area contributed by atoms with E-state index >= 15 is 0 Å². The number of aryl methyl sites for hydroxylation is 1. The highest BCUT2D eigenvalue weighted by Crippen LogP contribution is 2.40. The molecule has 0 spiro atoms. The van der Waals surface area contributed by atoms with Gasteiger partial charge < -0.3 is 20.1 Å². The lowest BCUT2D eigenvalue weighted by Crippen LogP contribution is -2.00. The minimum absolute atomic E-state index is 0.268. The first-order valence-corrected chi connectivity index (χ1v) is 11.9. The summed E-state index contributed by atoms with van der Waals surface area (Å²) in [6, 6.07) is 15.2. The van der Waals surface area contributed by atoms with Gasteiger partial charge in [-0.2, -0.15) is 4.68 Å². The fraction of sp³-hybridized carbons (Fsp3) is 0.250. The van der Waals surface area contributed by atoms with E-state index in [0.29, 0.717) is 40.4 Å². The number of pyridine rings is 1. The normalized spacial score (nSPS) is 13.5. The van der Waals surface area contributed by atoms with Gasteiger partial charge in [-0.3, -0.25) is 4.98 Å². The van der Waals surface area contributed by atoms with Gasteiger partial charge in [0.2, 0.25) is 0 Å². The van der Waals surface area contributed by atoms with E-state index in [9.17, 15) is 4.39 Å². The third-order valence-corrected chi connectivity index (χ3v) is 6.31. The minimum atomic E-state index is -0.464. The molecule has 36 heavy (non-hydrogen) atoms. The third-order valence-electron chi connectivity index (χ3n) is 6.31. The first kappa shape index (κ1) is 23.4. The molecule has 2 N–H and O–H groups in total. The Morgan fingerprint density at radius 3 is 2.50 bits per heavy atom. The molecule has 5 rings (SSSR count). The number of ether oxygens (including phenoxy) is 2. The van der Waals surface area contributed by atoms with Gasteiger partial charge in [-0.25, -0.2) is 4.39 Å². The smallest absolute Gasteiger partial charge is 0.280 e. The van der Waals surface area contributed by atoms with Crippen LogP contribution >= 0.6 is 0 Å². The summed E-state index contributed by atoms with van der Waals surface area (Å²) in [5.74, 6) is 1.35. The van der Waals surface area contributed by atoms with E-state index in [1.54, 1.807) is 41.2 Å². The summed E-state index contributed by atoms with van der Waals surface area (Å²) >= 11 is 0. The topological polar surface area (TPSA) is 79.5 Å². The number of hydrogen-bond acceptors (Lipinski definition) is 5. The fourth-order valence-corrected chi connectivity index (χ4v) is 4.45. The zero-order valence-electron chi connectivity index (χ0n) is 19.9. The maximum atomic E-state index is 14.2. The second kappa shape index (κ2) is 10.1. The average molecular weight is 484 g/mol. The molecular formula is C28H26FN5O2. The molecule has 0 bridgehead atoms. The molecule has 7 nitrogen and oxygen atoms in total. The van der Waals surface area contributed by atoms with Crippen molar-refractivity contribution >= 4 is 11.5 Å². The fourth-order valence-electron chi connectivity index (χ4n) is 4.45. The molecule has 0 amide bonds. The third kappa shape index (κ3) is 5.01. The summed E-state index contributed by atoms with van der Waals surface area (Å²) in [7, 11) is 0. The minimum Gasteiger partial charge on any atom is -0.489 e. The molecule has 0 saturated heterocycles. The van der Waals surface area contributed by atoms with Crippen molar-refractivity contribution < 1.29 is 13.9 Å². The van der Waals surface area contributed by atoms with Crippen molar-refractivity contribution in [3.8, 4) is 22.9 Å². The molecule has 0 atom stereocenters. The van der Waals surface area contributed by atoms with Gasteiger partial charge in [0.05, 0.1) is 11.4 Å². The number of aromatic nitrogens is 3. The molecule has 1 aliphatic carbocycles. The molecule has 0 unspecified atom stereocenters. The molecule has 1 fully saturated rings. The number of nitrogens with zero attached hydrogens (tertiary/aromatic N) is 4. The van der Waals surface area contributed by atoms with E-state index in [0.717, 1.165) is 42.6 Å². The molecule has 2 aromatic heterocycles. The summed E-state index contributed by atoms with van der Waals surface area (Å²) in [5, 5.41) is 4.69. The van der Waals surface area contributed by atoms with Crippen LogP contribution in [0.5, 0.6) is 17.2 Å². The molecule has 1 saturated carbocycles. The highest BCUT2D eigenvalue weighted by molar-refractivity contribution is 5.69. The van der Waals surface area contributed by atoms with E-state index in [1.807, 2.05) is 19.1 Å². The van der Waals surface area contributed by atoms with Gasteiger partial charge in [0.15, 0.2) is 0 Å². The van der Waals surface area contributed by atoms with Crippen molar-refractivity contribution in [2.24, 2.45) is 0 Å². The van der Waals surface area contributed by atoms with Gasteiger partial charge in [-0.05, 0) is 50.1 Å². The summed E-state index contributed by atoms with van der Waals surface area (Å²) < 4.78 is 27.4. The van der Waals surface area contributed by atoms with Crippen molar-refractivity contribution in [3.63, 3.8) is 0 Å². The largest absolute Gasteiger partial charge is 0.489 e. The van der Waals surface area contributed by atoms with E-state index in [-0.39, 0.29) is 6.61 Å². The second-order valence-corrected chi connectivity index (χ2v) is 8.94. The Hall–Kier alpha value is -4.38. The number of halogens is 1. The first-order chi connectivity index (χ1) is 17.5. The molecule has 0 radical (unpaired) electrons. The molecule has 2 aromatic carbocycles. The number of rotatable bonds is 7. The van der Waals surface area contributed by atoms with Crippen LogP contribution in [0.2, 0.25) is 0 Å². The van der Waals surface area contributed by atoms with Crippen LogP contribution in [0, 0.1) is 19.3 Å². The summed E-state index contributed by atoms with van der Waals surface area (Å²) in [6.45, 7) is 9.78. The highest BCUT2D eigenvalue weighted by atomic mass is 19.1. The van der Waals surface area contributed by atoms with Crippen LogP contribution in [0.3, 0.4) is 0 Å². The van der Waals surface area contributed by atoms with E-state index < -0.39 is 5.82 Å². The lowest BCUT2D eigenvalue weighted by atomic mass is 10.0. The summed E-state index contributed by atoms with van der Waals surface area (Å²) in [6.07, 6.45) is 6.15. The van der Waals surface area contributed by atoms with Crippen LogP contribution < -0.4 is 15.2 Å². The Morgan fingerprint density at radius 2 is 1.81 bits per heavy atom. The van der Waals surface area contributed by atoms with Crippen molar-refractivity contribution in [2.45, 2.75) is 45.1 Å². The number of benzene rings is 2. The Kier molecular flexibility index (Phi) is 6.54. The predicted octanol–water partition coefficient (Wildman–Crippen LogP) is 6.88. The lowest BCUT2D eigenvalue weighted by molar-refractivity contribution is 0.302. The predicted molar refractivity (Wildman–Crippen MR) is 135 cm³/mol. The Morgan fingerprint density at radius 1 is 1.06 bits per heavy atom. The monoisotopic (exact) mass is 483 g/mol. The Labute approximate surface area is 209 Å². The molecule has 0 aliphatic heterocycles. The molecule has 2 heterocycles. The SMILES string of the molecule is [C-]#[N+]c1c(N)c(C2CCCC2)nn1-c1ccc(Oc2cc(F)cc(OCc3ccc(C)nc3)c2)cc1. The number of nitrogens with two attached hydrogens (primary N) is 1. The van der Waals surface area contributed by atoms with Crippen LogP contribution in [0.15, 0.2) is 60.8 Å². The Balaban J connectivity index is 1.31. The van der Waals surface area contributed by atoms with Crippen molar-refractivity contribution in [1.29, 1.82) is 0 Å². The number of anilines is 1. The van der Waals surface area contributed by atoms with Crippen LogP contribution in [0.4, 0.5) is 15.9 Å².